The fourth-order valence-electron chi connectivity index (χ4n) is 0.820. The van der Waals surface area contributed by atoms with Gasteiger partial charge in [-0.1, -0.05) is 0 Å². The Morgan fingerprint density at radius 3 is 2.55 bits per heavy atom. The first-order valence-electron chi connectivity index (χ1n) is 3.80. The van der Waals surface area contributed by atoms with Crippen molar-refractivity contribution in [3.63, 3.8) is 0 Å². The second kappa shape index (κ2) is 2.49. The second-order valence-electron chi connectivity index (χ2n) is 2.78. The van der Waals surface area contributed by atoms with E-state index in [0.29, 0.717) is 6.10 Å². The van der Waals surface area contributed by atoms with E-state index in [1.54, 1.807) is 12.4 Å². The van der Waals surface area contributed by atoms with Gasteiger partial charge in [-0.3, -0.25) is 0 Å². The van der Waals surface area contributed by atoms with Crippen LogP contribution in [-0.2, 0) is 0 Å². The smallest absolute Gasteiger partial charge is 0.156 e. The topological polar surface area (TPSA) is 35.0 Å². The third-order valence-electron chi connectivity index (χ3n) is 1.58. The fourth-order valence-corrected chi connectivity index (χ4v) is 0.820. The molecule has 2 rings (SSSR count). The van der Waals surface area contributed by atoms with Crippen molar-refractivity contribution in [3.8, 4) is 5.75 Å². The second-order valence-corrected chi connectivity index (χ2v) is 2.78. The number of aryl methyl sites for hydroxylation is 1. The van der Waals surface area contributed by atoms with Crippen molar-refractivity contribution in [1.82, 2.24) is 9.97 Å². The van der Waals surface area contributed by atoms with Crippen molar-refractivity contribution < 1.29 is 4.74 Å². The van der Waals surface area contributed by atoms with Gasteiger partial charge >= 0.3 is 0 Å². The lowest BCUT2D eigenvalue weighted by Gasteiger charge is -2.01. The van der Waals surface area contributed by atoms with Crippen LogP contribution in [-0.4, -0.2) is 16.1 Å². The van der Waals surface area contributed by atoms with E-state index in [-0.39, 0.29) is 0 Å². The van der Waals surface area contributed by atoms with Crippen molar-refractivity contribution in [1.29, 1.82) is 0 Å². The number of hydrogen-bond acceptors (Lipinski definition) is 3. The van der Waals surface area contributed by atoms with Crippen LogP contribution < -0.4 is 4.74 Å². The summed E-state index contributed by atoms with van der Waals surface area (Å²) in [5.74, 6) is 1.58. The van der Waals surface area contributed by atoms with E-state index in [1.807, 2.05) is 6.92 Å². The average Bonchev–Trinajstić information content (AvgIpc) is 2.78. The van der Waals surface area contributed by atoms with Crippen LogP contribution in [0.2, 0.25) is 0 Å². The highest BCUT2D eigenvalue weighted by molar-refractivity contribution is 5.13. The largest absolute Gasteiger partial charge is 0.487 e. The van der Waals surface area contributed by atoms with Crippen LogP contribution in [0.1, 0.15) is 18.7 Å². The van der Waals surface area contributed by atoms with Crippen molar-refractivity contribution in [2.24, 2.45) is 0 Å². The molecule has 1 aromatic heterocycles. The van der Waals surface area contributed by atoms with E-state index in [2.05, 4.69) is 9.97 Å². The Hall–Kier alpha value is -1.12. The highest BCUT2D eigenvalue weighted by Crippen LogP contribution is 2.25. The van der Waals surface area contributed by atoms with Crippen LogP contribution in [0, 0.1) is 6.92 Å². The van der Waals surface area contributed by atoms with Gasteiger partial charge in [0.2, 0.25) is 0 Å². The summed E-state index contributed by atoms with van der Waals surface area (Å²) in [4.78, 5) is 8.05. The minimum atomic E-state index is 0.432. The van der Waals surface area contributed by atoms with Crippen molar-refractivity contribution in [2.75, 3.05) is 0 Å². The van der Waals surface area contributed by atoms with E-state index in [9.17, 15) is 0 Å². The molecule has 0 bridgehead atoms. The molecule has 58 valence electrons. The molecule has 0 aliphatic heterocycles. The van der Waals surface area contributed by atoms with Crippen molar-refractivity contribution in [2.45, 2.75) is 25.9 Å². The number of nitrogens with zero attached hydrogens (tertiary/aromatic N) is 2. The third-order valence-corrected chi connectivity index (χ3v) is 1.58. The molecule has 1 aliphatic rings. The van der Waals surface area contributed by atoms with E-state index in [4.69, 9.17) is 4.74 Å². The van der Waals surface area contributed by atoms with Crippen molar-refractivity contribution >= 4 is 0 Å². The summed E-state index contributed by atoms with van der Waals surface area (Å²) >= 11 is 0. The maximum Gasteiger partial charge on any atom is 0.156 e. The van der Waals surface area contributed by atoms with Crippen LogP contribution in [0.4, 0.5) is 0 Å². The first-order valence-corrected chi connectivity index (χ1v) is 3.80. The van der Waals surface area contributed by atoms with Gasteiger partial charge in [0.25, 0.3) is 0 Å². The van der Waals surface area contributed by atoms with Crippen LogP contribution >= 0.6 is 0 Å². The lowest BCUT2D eigenvalue weighted by atomic mass is 10.5. The zero-order chi connectivity index (χ0) is 7.68. The Kier molecular flexibility index (Phi) is 1.49. The van der Waals surface area contributed by atoms with E-state index in [1.165, 1.54) is 12.8 Å². The number of ether oxygens (including phenoxy) is 1. The zero-order valence-electron chi connectivity index (χ0n) is 6.45. The van der Waals surface area contributed by atoms with Crippen molar-refractivity contribution in [3.05, 3.63) is 18.2 Å². The Morgan fingerprint density at radius 2 is 2.00 bits per heavy atom. The molecule has 0 saturated heterocycles. The molecule has 0 unspecified atom stereocenters. The van der Waals surface area contributed by atoms with E-state index >= 15 is 0 Å². The zero-order valence-corrected chi connectivity index (χ0v) is 6.45. The van der Waals surface area contributed by atoms with Gasteiger partial charge in [-0.2, -0.15) is 0 Å². The summed E-state index contributed by atoms with van der Waals surface area (Å²) in [6.45, 7) is 1.86. The van der Waals surface area contributed by atoms with Gasteiger partial charge < -0.3 is 4.74 Å². The van der Waals surface area contributed by atoms with E-state index < -0.39 is 0 Å². The molecule has 1 aliphatic carbocycles. The maximum atomic E-state index is 5.46. The molecule has 3 heteroatoms. The molecule has 1 aromatic rings. The molecule has 0 spiro atoms. The van der Waals surface area contributed by atoms with Crippen LogP contribution in [0.15, 0.2) is 12.4 Å². The Labute approximate surface area is 65.4 Å². The van der Waals surface area contributed by atoms with Gasteiger partial charge in [0.15, 0.2) is 5.75 Å². The molecule has 11 heavy (non-hydrogen) atoms. The SMILES string of the molecule is Cc1ncc(OC2CC2)cn1. The van der Waals surface area contributed by atoms with Crippen LogP contribution in [0.25, 0.3) is 0 Å². The van der Waals surface area contributed by atoms with Gasteiger partial charge in [-0.25, -0.2) is 9.97 Å². The highest BCUT2D eigenvalue weighted by Gasteiger charge is 2.23. The van der Waals surface area contributed by atoms with Crippen LogP contribution in [0.5, 0.6) is 5.75 Å². The third kappa shape index (κ3) is 1.67. The first kappa shape index (κ1) is 6.58. The summed E-state index contributed by atoms with van der Waals surface area (Å²) < 4.78 is 5.46. The molecule has 1 saturated carbocycles. The summed E-state index contributed by atoms with van der Waals surface area (Å²) in [7, 11) is 0. The number of rotatable bonds is 2. The normalized spacial score (nSPS) is 16.5. The molecule has 3 nitrogen and oxygen atoms in total. The minimum absolute atomic E-state index is 0.432. The quantitative estimate of drug-likeness (QED) is 0.637. The predicted molar refractivity (Wildman–Crippen MR) is 40.4 cm³/mol. The van der Waals surface area contributed by atoms with E-state index in [0.717, 1.165) is 11.6 Å². The Bertz CT molecular complexity index is 241. The molecule has 0 aromatic carbocycles. The molecular weight excluding hydrogens is 140 g/mol. The summed E-state index contributed by atoms with van der Waals surface area (Å²) in [6.07, 6.45) is 6.23. The number of hydrogen-bond donors (Lipinski definition) is 0. The first-order chi connectivity index (χ1) is 5.34. The summed E-state index contributed by atoms with van der Waals surface area (Å²) in [5, 5.41) is 0. The minimum Gasteiger partial charge on any atom is -0.487 e. The molecule has 1 heterocycles. The standard InChI is InChI=1S/C8H10N2O/c1-6-9-4-8(5-10-6)11-7-2-3-7/h4-5,7H,2-3H2,1H3. The Balaban J connectivity index is 2.06. The summed E-state index contributed by atoms with van der Waals surface area (Å²) in [5.41, 5.74) is 0. The molecule has 1 fully saturated rings. The van der Waals surface area contributed by atoms with Gasteiger partial charge in [0, 0.05) is 0 Å². The Morgan fingerprint density at radius 1 is 1.36 bits per heavy atom. The van der Waals surface area contributed by atoms with Gasteiger partial charge in [-0.05, 0) is 19.8 Å². The molecule has 0 N–H and O–H groups in total. The van der Waals surface area contributed by atoms with Gasteiger partial charge in [0.05, 0.1) is 18.5 Å². The average molecular weight is 150 g/mol. The lowest BCUT2D eigenvalue weighted by Crippen LogP contribution is -1.97. The monoisotopic (exact) mass is 150 g/mol. The maximum absolute atomic E-state index is 5.46. The summed E-state index contributed by atoms with van der Waals surface area (Å²) in [6, 6.07) is 0. The van der Waals surface area contributed by atoms with Crippen LogP contribution in [0.3, 0.4) is 0 Å². The van der Waals surface area contributed by atoms with Gasteiger partial charge in [0.1, 0.15) is 5.82 Å². The molecule has 0 amide bonds. The molecular formula is C8H10N2O. The van der Waals surface area contributed by atoms with Gasteiger partial charge in [-0.15, -0.1) is 0 Å². The number of aromatic nitrogens is 2. The highest BCUT2D eigenvalue weighted by atomic mass is 16.5. The predicted octanol–water partition coefficient (Wildman–Crippen LogP) is 1.33. The fraction of sp³-hybridized carbons (Fsp3) is 0.500. The lowest BCUT2D eigenvalue weighted by molar-refractivity contribution is 0.300. The molecule has 0 atom stereocenters. The molecule has 0 radical (unpaired) electrons.